The number of ether oxygens (including phenoxy) is 1. The van der Waals surface area contributed by atoms with E-state index >= 15 is 0 Å². The van der Waals surface area contributed by atoms with Crippen LogP contribution in [0.5, 0.6) is 0 Å². The standard InChI is InChI=1S/C33H34N3O3/c1-4-14-24(2)29-22-35(23-30(39-29)36-21-25(3)31(37)34-32(36)38)33(26-15-8-5-9-16-26,27-17-10-6-11-18-27)28-19-12-7-13-20-28/h5-21,29-30H,1,4,22-23H2,2-3H3,(H,34,37,38). The molecule has 0 saturated carbocycles. The third-order valence-corrected chi connectivity index (χ3v) is 7.56. The first-order chi connectivity index (χ1) is 18.9. The predicted molar refractivity (Wildman–Crippen MR) is 154 cm³/mol. The van der Waals surface area contributed by atoms with Gasteiger partial charge in [0.15, 0.2) is 6.23 Å². The van der Waals surface area contributed by atoms with Crippen LogP contribution in [-0.4, -0.2) is 33.6 Å². The van der Waals surface area contributed by atoms with Crippen molar-refractivity contribution in [3.05, 3.63) is 159 Å². The van der Waals surface area contributed by atoms with Crippen LogP contribution in [0.3, 0.4) is 0 Å². The zero-order valence-corrected chi connectivity index (χ0v) is 22.4. The second-order valence-electron chi connectivity index (χ2n) is 10.0. The number of allylic oxidation sites excluding steroid dienone is 1. The van der Waals surface area contributed by atoms with E-state index in [0.29, 0.717) is 25.1 Å². The number of aromatic amines is 1. The third kappa shape index (κ3) is 5.05. The number of rotatable bonds is 7. The minimum Gasteiger partial charge on any atom is -0.348 e. The van der Waals surface area contributed by atoms with Gasteiger partial charge in [0.05, 0.1) is 11.6 Å². The zero-order valence-electron chi connectivity index (χ0n) is 22.4. The number of nitrogens with zero attached hydrogens (tertiary/aromatic N) is 2. The van der Waals surface area contributed by atoms with Crippen LogP contribution >= 0.6 is 0 Å². The Morgan fingerprint density at radius 1 is 0.923 bits per heavy atom. The Kier molecular flexibility index (Phi) is 7.77. The molecule has 3 aromatic carbocycles. The van der Waals surface area contributed by atoms with Crippen molar-refractivity contribution >= 4 is 0 Å². The van der Waals surface area contributed by atoms with E-state index < -0.39 is 17.5 Å². The Morgan fingerprint density at radius 2 is 1.44 bits per heavy atom. The number of H-pyrrole nitrogens is 1. The molecule has 1 aliphatic heterocycles. The van der Waals surface area contributed by atoms with E-state index in [1.165, 1.54) is 4.57 Å². The summed E-state index contributed by atoms with van der Waals surface area (Å²) in [7, 11) is 0. The van der Waals surface area contributed by atoms with Crippen LogP contribution in [0.4, 0.5) is 0 Å². The molecule has 5 rings (SSSR count). The van der Waals surface area contributed by atoms with E-state index in [1.807, 2.05) is 25.1 Å². The molecule has 1 aromatic heterocycles. The van der Waals surface area contributed by atoms with Gasteiger partial charge < -0.3 is 4.74 Å². The summed E-state index contributed by atoms with van der Waals surface area (Å²) < 4.78 is 8.11. The highest BCUT2D eigenvalue weighted by Crippen LogP contribution is 2.45. The summed E-state index contributed by atoms with van der Waals surface area (Å²) in [6, 6.07) is 31.4. The first-order valence-corrected chi connectivity index (χ1v) is 13.3. The fraction of sp³-hybridized carbons (Fsp3) is 0.242. The van der Waals surface area contributed by atoms with Crippen molar-refractivity contribution in [1.82, 2.24) is 14.5 Å². The molecule has 0 aliphatic carbocycles. The van der Waals surface area contributed by atoms with Crippen LogP contribution < -0.4 is 11.2 Å². The minimum absolute atomic E-state index is 0.292. The Morgan fingerprint density at radius 3 is 1.92 bits per heavy atom. The molecule has 1 N–H and O–H groups in total. The molecule has 1 aliphatic rings. The summed E-state index contributed by atoms with van der Waals surface area (Å²) >= 11 is 0. The van der Waals surface area contributed by atoms with Crippen molar-refractivity contribution < 1.29 is 4.74 Å². The largest absolute Gasteiger partial charge is 0.348 e. The summed E-state index contributed by atoms with van der Waals surface area (Å²) in [6.45, 7) is 8.76. The van der Waals surface area contributed by atoms with E-state index in [0.717, 1.165) is 22.3 Å². The molecule has 2 atom stereocenters. The van der Waals surface area contributed by atoms with Gasteiger partial charge in [-0.25, -0.2) is 4.79 Å². The topological polar surface area (TPSA) is 67.3 Å². The van der Waals surface area contributed by atoms with Gasteiger partial charge in [-0.05, 0) is 49.5 Å². The lowest BCUT2D eigenvalue weighted by molar-refractivity contribution is -0.125. The molecule has 1 saturated heterocycles. The molecule has 0 spiro atoms. The van der Waals surface area contributed by atoms with Gasteiger partial charge in [0.25, 0.3) is 5.56 Å². The first-order valence-electron chi connectivity index (χ1n) is 13.3. The molecule has 4 aromatic rings. The van der Waals surface area contributed by atoms with Crippen LogP contribution in [0.1, 0.15) is 41.8 Å². The fourth-order valence-corrected chi connectivity index (χ4v) is 5.66. The quantitative estimate of drug-likeness (QED) is 0.268. The van der Waals surface area contributed by atoms with Crippen LogP contribution in [-0.2, 0) is 10.3 Å². The average Bonchev–Trinajstić information content (AvgIpc) is 2.97. The van der Waals surface area contributed by atoms with Crippen LogP contribution in [0.25, 0.3) is 0 Å². The van der Waals surface area contributed by atoms with Crippen LogP contribution in [0.15, 0.2) is 118 Å². The Hall–Kier alpha value is -4.00. The monoisotopic (exact) mass is 520 g/mol. The van der Waals surface area contributed by atoms with Gasteiger partial charge >= 0.3 is 5.69 Å². The van der Waals surface area contributed by atoms with Crippen molar-refractivity contribution in [3.8, 4) is 0 Å². The number of benzene rings is 3. The Balaban J connectivity index is 1.77. The molecule has 1 fully saturated rings. The normalized spacial score (nSPS) is 18.7. The van der Waals surface area contributed by atoms with Gasteiger partial charge in [-0.2, -0.15) is 0 Å². The molecular weight excluding hydrogens is 486 g/mol. The van der Waals surface area contributed by atoms with Gasteiger partial charge in [0.1, 0.15) is 0 Å². The molecule has 6 nitrogen and oxygen atoms in total. The third-order valence-electron chi connectivity index (χ3n) is 7.56. The van der Waals surface area contributed by atoms with Crippen molar-refractivity contribution in [3.63, 3.8) is 0 Å². The predicted octanol–water partition coefficient (Wildman–Crippen LogP) is 5.21. The summed E-state index contributed by atoms with van der Waals surface area (Å²) in [6.07, 6.45) is 3.38. The summed E-state index contributed by atoms with van der Waals surface area (Å²) in [5, 5.41) is 0. The summed E-state index contributed by atoms with van der Waals surface area (Å²) in [5.74, 6) is 0. The second kappa shape index (κ2) is 11.4. The minimum atomic E-state index is -0.671. The number of nitrogens with one attached hydrogen (secondary N) is 1. The molecule has 1 radical (unpaired) electrons. The molecule has 199 valence electrons. The van der Waals surface area contributed by atoms with Gasteiger partial charge in [0, 0.05) is 24.8 Å². The molecule has 0 amide bonds. The van der Waals surface area contributed by atoms with E-state index in [1.54, 1.807) is 13.1 Å². The molecule has 39 heavy (non-hydrogen) atoms. The smallest absolute Gasteiger partial charge is 0.330 e. The molecule has 6 heteroatoms. The Labute approximate surface area is 229 Å². The van der Waals surface area contributed by atoms with E-state index in [4.69, 9.17) is 4.74 Å². The average molecular weight is 521 g/mol. The van der Waals surface area contributed by atoms with Gasteiger partial charge in [-0.3, -0.25) is 19.2 Å². The number of morpholine rings is 1. The molecular formula is C33H34N3O3. The highest BCUT2D eigenvalue weighted by molar-refractivity contribution is 5.50. The van der Waals surface area contributed by atoms with Crippen molar-refractivity contribution in [2.75, 3.05) is 13.1 Å². The van der Waals surface area contributed by atoms with Crippen molar-refractivity contribution in [2.45, 2.75) is 38.1 Å². The van der Waals surface area contributed by atoms with E-state index in [2.05, 4.69) is 95.7 Å². The maximum Gasteiger partial charge on any atom is 0.330 e. The van der Waals surface area contributed by atoms with Crippen molar-refractivity contribution in [2.24, 2.45) is 0 Å². The summed E-state index contributed by atoms with van der Waals surface area (Å²) in [4.78, 5) is 30.1. The van der Waals surface area contributed by atoms with Gasteiger partial charge in [0.2, 0.25) is 0 Å². The van der Waals surface area contributed by atoms with E-state index in [-0.39, 0.29) is 11.7 Å². The maximum atomic E-state index is 13.0. The maximum absolute atomic E-state index is 13.0. The lowest BCUT2D eigenvalue weighted by atomic mass is 9.75. The number of aryl methyl sites for hydroxylation is 1. The lowest BCUT2D eigenvalue weighted by Gasteiger charge is -2.51. The van der Waals surface area contributed by atoms with Crippen LogP contribution in [0.2, 0.25) is 0 Å². The zero-order chi connectivity index (χ0) is 27.4. The number of hydrogen-bond donors (Lipinski definition) is 1. The van der Waals surface area contributed by atoms with Gasteiger partial charge in [-0.1, -0.05) is 97.1 Å². The number of aromatic nitrogens is 2. The summed E-state index contributed by atoms with van der Waals surface area (Å²) in [5.41, 5.74) is 3.31. The fourth-order valence-electron chi connectivity index (χ4n) is 5.66. The van der Waals surface area contributed by atoms with Gasteiger partial charge in [-0.15, -0.1) is 0 Å². The van der Waals surface area contributed by atoms with Crippen LogP contribution in [0, 0.1) is 13.8 Å². The SMILES string of the molecule is [CH2]CC=C(C)C1CN(C(c2ccccc2)(c2ccccc2)c2ccccc2)CC(n2cc(C)c(=O)[nH]c2=O)O1. The second-order valence-corrected chi connectivity index (χ2v) is 10.0. The lowest BCUT2D eigenvalue weighted by Crippen LogP contribution is -2.57. The molecule has 2 unspecified atom stereocenters. The highest BCUT2D eigenvalue weighted by Gasteiger charge is 2.46. The molecule has 0 bridgehead atoms. The van der Waals surface area contributed by atoms with E-state index in [9.17, 15) is 9.59 Å². The first kappa shape index (κ1) is 26.6. The number of hydrogen-bond acceptors (Lipinski definition) is 4. The van der Waals surface area contributed by atoms with Crippen molar-refractivity contribution in [1.29, 1.82) is 0 Å². The molecule has 2 heterocycles. The Bertz CT molecular complexity index is 1450. The highest BCUT2D eigenvalue weighted by atomic mass is 16.5.